The maximum atomic E-state index is 13.9. The highest BCUT2D eigenvalue weighted by molar-refractivity contribution is 6.11. The first-order valence-corrected chi connectivity index (χ1v) is 11.3. The molecule has 0 radical (unpaired) electrons. The van der Waals surface area contributed by atoms with Gasteiger partial charge in [-0.1, -0.05) is 6.07 Å². The Morgan fingerprint density at radius 1 is 1.19 bits per heavy atom. The van der Waals surface area contributed by atoms with E-state index < -0.39 is 0 Å². The maximum absolute atomic E-state index is 13.9. The molecule has 5 rings (SSSR count). The molecule has 0 saturated carbocycles. The van der Waals surface area contributed by atoms with Gasteiger partial charge in [-0.3, -0.25) is 9.69 Å². The van der Waals surface area contributed by atoms with Crippen molar-refractivity contribution in [1.82, 2.24) is 4.90 Å². The Morgan fingerprint density at radius 2 is 1.97 bits per heavy atom. The summed E-state index contributed by atoms with van der Waals surface area (Å²) in [6.07, 6.45) is 2.11. The van der Waals surface area contributed by atoms with Crippen LogP contribution in [0.3, 0.4) is 0 Å². The van der Waals surface area contributed by atoms with Crippen LogP contribution in [0.4, 0.5) is 10.1 Å². The molecule has 2 aromatic rings. The van der Waals surface area contributed by atoms with Crippen molar-refractivity contribution in [2.75, 3.05) is 37.9 Å². The molecule has 2 heterocycles. The van der Waals surface area contributed by atoms with E-state index >= 15 is 0 Å². The van der Waals surface area contributed by atoms with E-state index in [4.69, 9.17) is 9.47 Å². The zero-order chi connectivity index (χ0) is 22.1. The second kappa shape index (κ2) is 9.00. The molecule has 2 unspecified atom stereocenters. The number of ether oxygens (including phenoxy) is 2. The first-order chi connectivity index (χ1) is 15.6. The van der Waals surface area contributed by atoms with E-state index in [0.29, 0.717) is 24.8 Å². The minimum atomic E-state index is -0.275. The molecular weight excluding hydrogens is 409 g/mol. The molecular formula is C25H28FN3O3. The summed E-state index contributed by atoms with van der Waals surface area (Å²) in [4.78, 5) is 15.2. The lowest BCUT2D eigenvalue weighted by Gasteiger charge is -2.33. The number of hydrogen-bond acceptors (Lipinski definition) is 5. The molecule has 7 heteroatoms. The molecule has 0 aromatic heterocycles. The number of hydrogen-bond donors (Lipinski definition) is 0. The quantitative estimate of drug-likeness (QED) is 0.717. The van der Waals surface area contributed by atoms with Crippen LogP contribution in [0.25, 0.3) is 0 Å². The zero-order valence-corrected chi connectivity index (χ0v) is 18.3. The predicted octanol–water partition coefficient (Wildman–Crippen LogP) is 3.63. The van der Waals surface area contributed by atoms with Gasteiger partial charge in [0, 0.05) is 37.0 Å². The summed E-state index contributed by atoms with van der Waals surface area (Å²) in [5.41, 5.74) is 3.42. The topological polar surface area (TPSA) is 54.4 Å². The van der Waals surface area contributed by atoms with Gasteiger partial charge in [0.1, 0.15) is 18.2 Å². The number of halogens is 1. The second-order valence-corrected chi connectivity index (χ2v) is 8.73. The Balaban J connectivity index is 1.30. The maximum Gasteiger partial charge on any atom is 0.248 e. The van der Waals surface area contributed by atoms with Crippen molar-refractivity contribution in [3.05, 3.63) is 59.4 Å². The molecule has 168 valence electrons. The lowest BCUT2D eigenvalue weighted by Crippen LogP contribution is -2.44. The number of nitrogens with zero attached hydrogens (tertiary/aromatic N) is 3. The number of hydrazone groups is 1. The average Bonchev–Trinajstić information content (AvgIpc) is 2.83. The van der Waals surface area contributed by atoms with Crippen molar-refractivity contribution in [2.45, 2.75) is 32.2 Å². The molecule has 32 heavy (non-hydrogen) atoms. The third kappa shape index (κ3) is 4.27. The predicted molar refractivity (Wildman–Crippen MR) is 121 cm³/mol. The van der Waals surface area contributed by atoms with E-state index in [0.717, 1.165) is 61.7 Å². The van der Waals surface area contributed by atoms with Gasteiger partial charge in [-0.25, -0.2) is 9.40 Å². The summed E-state index contributed by atoms with van der Waals surface area (Å²) in [5.74, 6) is 0.503. The average molecular weight is 438 g/mol. The van der Waals surface area contributed by atoms with Gasteiger partial charge in [0.2, 0.25) is 5.91 Å². The standard InChI is InChI=1S/C25H28FN3O3/c1-17(28-10-12-31-13-11-28)16-32-22-8-6-21(7-9-22)29-24(30)14-19-3-2-18-4-5-20(26)15-23(18)25(19)27-29/h4-9,15,17,19H,2-3,10-14,16H2,1H3. The third-order valence-electron chi connectivity index (χ3n) is 6.60. The fourth-order valence-electron chi connectivity index (χ4n) is 4.71. The Bertz CT molecular complexity index is 1020. The summed E-state index contributed by atoms with van der Waals surface area (Å²) in [5, 5.41) is 6.13. The van der Waals surface area contributed by atoms with E-state index in [9.17, 15) is 9.18 Å². The Labute approximate surface area is 187 Å². The molecule has 6 nitrogen and oxygen atoms in total. The number of morpholine rings is 1. The van der Waals surface area contributed by atoms with Crippen LogP contribution in [0.1, 0.15) is 30.9 Å². The van der Waals surface area contributed by atoms with Gasteiger partial charge >= 0.3 is 0 Å². The highest BCUT2D eigenvalue weighted by Gasteiger charge is 2.34. The van der Waals surface area contributed by atoms with Gasteiger partial charge in [0.05, 0.1) is 24.6 Å². The highest BCUT2D eigenvalue weighted by atomic mass is 19.1. The van der Waals surface area contributed by atoms with Crippen LogP contribution in [-0.2, 0) is 16.0 Å². The van der Waals surface area contributed by atoms with Crippen molar-refractivity contribution in [2.24, 2.45) is 11.0 Å². The number of benzene rings is 2. The molecule has 1 aliphatic carbocycles. The van der Waals surface area contributed by atoms with E-state index in [1.807, 2.05) is 30.3 Å². The lowest BCUT2D eigenvalue weighted by atomic mass is 9.79. The van der Waals surface area contributed by atoms with Crippen LogP contribution >= 0.6 is 0 Å². The van der Waals surface area contributed by atoms with Crippen LogP contribution in [0, 0.1) is 11.7 Å². The smallest absolute Gasteiger partial charge is 0.248 e. The van der Waals surface area contributed by atoms with E-state index in [1.165, 1.54) is 11.1 Å². The van der Waals surface area contributed by atoms with Crippen LogP contribution in [0.5, 0.6) is 5.75 Å². The second-order valence-electron chi connectivity index (χ2n) is 8.73. The van der Waals surface area contributed by atoms with Gasteiger partial charge in [-0.15, -0.1) is 0 Å². The van der Waals surface area contributed by atoms with Crippen LogP contribution < -0.4 is 9.75 Å². The van der Waals surface area contributed by atoms with Crippen molar-refractivity contribution < 1.29 is 18.7 Å². The molecule has 0 spiro atoms. The molecule has 2 aliphatic heterocycles. The van der Waals surface area contributed by atoms with Gasteiger partial charge in [-0.2, -0.15) is 5.10 Å². The fraction of sp³-hybridized carbons (Fsp3) is 0.440. The third-order valence-corrected chi connectivity index (χ3v) is 6.60. The molecule has 1 amide bonds. The SMILES string of the molecule is CC(COc1ccc(N2N=C3c4cc(F)ccc4CCC3CC2=O)cc1)N1CCOCC1. The Hall–Kier alpha value is -2.77. The van der Waals surface area contributed by atoms with Crippen molar-refractivity contribution in [1.29, 1.82) is 0 Å². The molecule has 3 aliphatic rings. The molecule has 2 atom stereocenters. The molecule has 2 aromatic carbocycles. The summed E-state index contributed by atoms with van der Waals surface area (Å²) in [6, 6.07) is 12.6. The van der Waals surface area contributed by atoms with E-state index in [2.05, 4.69) is 16.9 Å². The number of carbonyl (C=O) groups excluding carboxylic acids is 1. The Morgan fingerprint density at radius 3 is 2.75 bits per heavy atom. The number of carbonyl (C=O) groups is 1. The number of amides is 1. The number of fused-ring (bicyclic) bond motifs is 3. The largest absolute Gasteiger partial charge is 0.492 e. The first kappa shape index (κ1) is 21.1. The highest BCUT2D eigenvalue weighted by Crippen LogP contribution is 2.34. The molecule has 0 N–H and O–H groups in total. The zero-order valence-electron chi connectivity index (χ0n) is 18.3. The summed E-state index contributed by atoms with van der Waals surface area (Å²) in [7, 11) is 0. The molecule has 0 bridgehead atoms. The van der Waals surface area contributed by atoms with Gasteiger partial charge in [-0.05, 0) is 61.7 Å². The minimum Gasteiger partial charge on any atom is -0.492 e. The summed E-state index contributed by atoms with van der Waals surface area (Å²) < 4.78 is 25.3. The first-order valence-electron chi connectivity index (χ1n) is 11.3. The van der Waals surface area contributed by atoms with E-state index in [1.54, 1.807) is 6.07 Å². The number of anilines is 1. The van der Waals surface area contributed by atoms with Crippen molar-refractivity contribution in [3.8, 4) is 5.75 Å². The fourth-order valence-corrected chi connectivity index (χ4v) is 4.71. The van der Waals surface area contributed by atoms with Crippen LogP contribution in [0.2, 0.25) is 0 Å². The van der Waals surface area contributed by atoms with Crippen LogP contribution in [0.15, 0.2) is 47.6 Å². The molecule has 1 fully saturated rings. The number of aryl methyl sites for hydroxylation is 1. The van der Waals surface area contributed by atoms with Gasteiger partial charge in [0.15, 0.2) is 0 Å². The van der Waals surface area contributed by atoms with Crippen molar-refractivity contribution >= 4 is 17.3 Å². The van der Waals surface area contributed by atoms with Crippen LogP contribution in [-0.4, -0.2) is 55.5 Å². The summed E-state index contributed by atoms with van der Waals surface area (Å²) in [6.45, 7) is 6.13. The van der Waals surface area contributed by atoms with Gasteiger partial charge < -0.3 is 9.47 Å². The van der Waals surface area contributed by atoms with E-state index in [-0.39, 0.29) is 17.6 Å². The van der Waals surface area contributed by atoms with Crippen molar-refractivity contribution in [3.63, 3.8) is 0 Å². The Kier molecular flexibility index (Phi) is 5.93. The molecule has 1 saturated heterocycles. The number of rotatable bonds is 5. The normalized spacial score (nSPS) is 22.1. The monoisotopic (exact) mass is 437 g/mol. The lowest BCUT2D eigenvalue weighted by molar-refractivity contribution is -0.119. The van der Waals surface area contributed by atoms with Gasteiger partial charge in [0.25, 0.3) is 0 Å². The minimum absolute atomic E-state index is 0.0341. The summed E-state index contributed by atoms with van der Waals surface area (Å²) >= 11 is 0.